The number of carbonyl (C=O) groups excluding carboxylic acids is 5. The zero-order chi connectivity index (χ0) is 53.9. The van der Waals surface area contributed by atoms with E-state index >= 15 is 0 Å². The molecule has 74 heavy (non-hydrogen) atoms. The topological polar surface area (TPSA) is 285 Å². The Kier molecular flexibility index (Phi) is 21.9. The number of carboxylic acids is 1. The molecule has 0 radical (unpaired) electrons. The molecule has 4 heterocycles. The maximum atomic E-state index is 13.1. The van der Waals surface area contributed by atoms with E-state index in [0.29, 0.717) is 80.4 Å². The van der Waals surface area contributed by atoms with Crippen molar-refractivity contribution in [1.29, 1.82) is 0 Å². The Morgan fingerprint density at radius 2 is 1.07 bits per heavy atom. The van der Waals surface area contributed by atoms with E-state index in [1.807, 2.05) is 18.2 Å². The van der Waals surface area contributed by atoms with Crippen molar-refractivity contribution in [3.05, 3.63) is 136 Å². The summed E-state index contributed by atoms with van der Waals surface area (Å²) in [7, 11) is 2.82. The van der Waals surface area contributed by atoms with E-state index in [-0.39, 0.29) is 35.9 Å². The smallest absolute Gasteiger partial charge is 0.330 e. The first-order chi connectivity index (χ1) is 35.4. The normalized spacial score (nSPS) is 11.5. The number of thiophene rings is 2. The van der Waals surface area contributed by atoms with E-state index in [9.17, 15) is 39.0 Å². The van der Waals surface area contributed by atoms with Gasteiger partial charge in [0.05, 0.1) is 57.9 Å². The maximum Gasteiger partial charge on any atom is 0.330 e. The molecule has 0 spiro atoms. The number of carboxylic acid groups (broad SMARTS) is 1. The van der Waals surface area contributed by atoms with Gasteiger partial charge in [0.2, 0.25) is 11.9 Å². The van der Waals surface area contributed by atoms with Gasteiger partial charge in [-0.1, -0.05) is 35.3 Å². The number of ether oxygens (including phenoxy) is 2. The molecule has 8 N–H and O–H groups in total. The number of aryl methyl sites for hydroxylation is 6. The van der Waals surface area contributed by atoms with Gasteiger partial charge in [-0.05, 0) is 124 Å². The van der Waals surface area contributed by atoms with Gasteiger partial charge in [-0.3, -0.25) is 19.2 Å². The van der Waals surface area contributed by atoms with Crippen LogP contribution in [0.5, 0.6) is 11.5 Å². The molecule has 24 heteroatoms. The minimum Gasteiger partial charge on any atom is -0.508 e. The molecular weight excluding hydrogens is 1040 g/mol. The fourth-order valence-electron chi connectivity index (χ4n) is 7.20. The first-order valence-electron chi connectivity index (χ1n) is 22.9. The molecule has 0 saturated carbocycles. The van der Waals surface area contributed by atoms with Crippen molar-refractivity contribution in [2.24, 2.45) is 0 Å². The zero-order valence-corrected chi connectivity index (χ0v) is 44.4. The number of anilines is 2. The minimum atomic E-state index is -1.33. The maximum absolute atomic E-state index is 13.1. The second-order valence-electron chi connectivity index (χ2n) is 16.3. The van der Waals surface area contributed by atoms with Crippen LogP contribution >= 0.6 is 45.9 Å². The number of carbonyl (C=O) groups is 6. The number of rotatable bonds is 23. The Bertz CT molecular complexity index is 2880. The van der Waals surface area contributed by atoms with Crippen LogP contribution in [0.1, 0.15) is 86.8 Å². The Labute approximate surface area is 445 Å². The summed E-state index contributed by atoms with van der Waals surface area (Å²) in [6.45, 7) is 7.36. The highest BCUT2D eigenvalue weighted by molar-refractivity contribution is 7.12. The third-order valence-electron chi connectivity index (χ3n) is 10.9. The van der Waals surface area contributed by atoms with Gasteiger partial charge in [-0.2, -0.15) is 0 Å². The van der Waals surface area contributed by atoms with E-state index in [2.05, 4.69) is 51.8 Å². The largest absolute Gasteiger partial charge is 0.508 e. The number of methoxy groups -OCH3 is 2. The van der Waals surface area contributed by atoms with Crippen molar-refractivity contribution in [3.63, 3.8) is 0 Å². The summed E-state index contributed by atoms with van der Waals surface area (Å²) < 4.78 is 10.1. The number of aromatic hydroxyl groups is 1. The summed E-state index contributed by atoms with van der Waals surface area (Å²) in [6.07, 6.45) is 2.84. The number of aromatic nitrogens is 4. The lowest BCUT2D eigenvalue weighted by Crippen LogP contribution is -2.49. The number of aliphatic carboxylic acids is 1. The molecule has 0 saturated heterocycles. The summed E-state index contributed by atoms with van der Waals surface area (Å²) in [5.41, 5.74) is 3.88. The van der Waals surface area contributed by atoms with Gasteiger partial charge in [0.1, 0.15) is 23.6 Å². The molecule has 0 bridgehead atoms. The number of phenolic OH excluding ortho intramolecular Hbond substituents is 1. The van der Waals surface area contributed by atoms with Crippen molar-refractivity contribution in [2.75, 3.05) is 51.0 Å². The van der Waals surface area contributed by atoms with Crippen LogP contribution in [0.3, 0.4) is 0 Å². The molecule has 0 aliphatic heterocycles. The predicted octanol–water partition coefficient (Wildman–Crippen LogP) is 6.73. The lowest BCUT2D eigenvalue weighted by Gasteiger charge is -2.18. The van der Waals surface area contributed by atoms with Crippen LogP contribution in [-0.2, 0) is 27.2 Å². The van der Waals surface area contributed by atoms with E-state index in [4.69, 9.17) is 32.7 Å². The Balaban J connectivity index is 0.000000274. The molecule has 392 valence electrons. The summed E-state index contributed by atoms with van der Waals surface area (Å²) in [6, 6.07) is 14.7. The number of esters is 1. The fourth-order valence-corrected chi connectivity index (χ4v) is 8.91. The lowest BCUT2D eigenvalue weighted by atomic mass is 10.1. The average molecular weight is 1090 g/mol. The molecule has 20 nitrogen and oxygen atoms in total. The second kappa shape index (κ2) is 28.2. The number of hydrogen-bond acceptors (Lipinski definition) is 17. The van der Waals surface area contributed by atoms with Crippen molar-refractivity contribution in [1.82, 2.24) is 41.2 Å². The summed E-state index contributed by atoms with van der Waals surface area (Å²) in [5, 5.41) is 40.4. The van der Waals surface area contributed by atoms with Crippen LogP contribution in [0.4, 0.5) is 11.9 Å². The van der Waals surface area contributed by atoms with Crippen LogP contribution in [0, 0.1) is 27.7 Å². The standard InChI is InChI=1S/C26H30ClN5O5S.C24H26ClN5O5S/c1-15-22(24(34)32-20(25(35)37-4)14-29-23(33)21-8-6-12-38-21)16(2)31-26(30-15)28-11-5-7-17-13-18(36-3)9-10-19(17)27;1-13-20(22(33)30-18(23(34)35)12-27-21(32)19-6-4-10-36-19)14(2)29-24(28-13)26-9-3-5-15-11-16(31)7-8-17(15)25/h6,8-10,12-13,20H,5,7,11,14H2,1-4H3,(H,29,33)(H,32,34)(H,28,30,31);4,6-8,10-11,18,31H,3,5,9,12H2,1-2H3,(H,27,32)(H,30,33)(H,34,35)(H,26,28,29)/t20-;18-/m00/s1. The van der Waals surface area contributed by atoms with Crippen LogP contribution in [-0.4, -0.2) is 118 Å². The van der Waals surface area contributed by atoms with Crippen molar-refractivity contribution >= 4 is 93.3 Å². The van der Waals surface area contributed by atoms with Crippen molar-refractivity contribution in [3.8, 4) is 11.5 Å². The molecule has 4 amide bonds. The lowest BCUT2D eigenvalue weighted by molar-refractivity contribution is -0.142. The number of amides is 4. The number of hydrogen-bond donors (Lipinski definition) is 8. The van der Waals surface area contributed by atoms with E-state index in [0.717, 1.165) is 29.7 Å². The molecule has 4 aromatic heterocycles. The van der Waals surface area contributed by atoms with Gasteiger partial charge in [0.15, 0.2) is 0 Å². The van der Waals surface area contributed by atoms with E-state index in [1.165, 1.54) is 35.8 Å². The number of phenols is 1. The first-order valence-corrected chi connectivity index (χ1v) is 25.4. The molecule has 0 fully saturated rings. The van der Waals surface area contributed by atoms with Crippen LogP contribution in [0.25, 0.3) is 0 Å². The SMILES string of the molecule is COC(=O)[C@H](CNC(=O)c1cccs1)NC(=O)c1c(C)nc(NCCCc2cc(OC)ccc2Cl)nc1C.Cc1nc(NCCCc2cc(O)ccc2Cl)nc(C)c1C(=O)N[C@@H](CNC(=O)c1cccs1)C(=O)O. The Hall–Kier alpha value is -7.40. The van der Waals surface area contributed by atoms with Crippen molar-refractivity contribution in [2.45, 2.75) is 65.5 Å². The quantitative estimate of drug-likeness (QED) is 0.0244. The molecule has 6 rings (SSSR count). The zero-order valence-electron chi connectivity index (χ0n) is 41.3. The van der Waals surface area contributed by atoms with Gasteiger partial charge in [0.25, 0.3) is 23.6 Å². The highest BCUT2D eigenvalue weighted by atomic mass is 35.5. The predicted molar refractivity (Wildman–Crippen MR) is 283 cm³/mol. The average Bonchev–Trinajstić information content (AvgIpc) is 4.12. The molecule has 6 aromatic rings. The molecule has 0 aliphatic carbocycles. The van der Waals surface area contributed by atoms with E-state index < -0.39 is 41.7 Å². The molecule has 2 aromatic carbocycles. The third kappa shape index (κ3) is 16.8. The number of nitrogens with zero attached hydrogens (tertiary/aromatic N) is 4. The van der Waals surface area contributed by atoms with Crippen LogP contribution in [0.15, 0.2) is 71.4 Å². The third-order valence-corrected chi connectivity index (χ3v) is 13.4. The first kappa shape index (κ1) is 57.5. The van der Waals surface area contributed by atoms with Gasteiger partial charge >= 0.3 is 11.9 Å². The van der Waals surface area contributed by atoms with Crippen molar-refractivity contribution < 1.29 is 48.5 Å². The minimum absolute atomic E-state index is 0.134. The Morgan fingerprint density at radius 3 is 1.50 bits per heavy atom. The fraction of sp³-hybridized carbons (Fsp3) is 0.320. The van der Waals surface area contributed by atoms with Gasteiger partial charge in [-0.25, -0.2) is 29.5 Å². The number of benzene rings is 2. The van der Waals surface area contributed by atoms with Gasteiger partial charge in [-0.15, -0.1) is 22.7 Å². The summed E-state index contributed by atoms with van der Waals surface area (Å²) in [4.78, 5) is 92.6. The summed E-state index contributed by atoms with van der Waals surface area (Å²) >= 11 is 14.9. The van der Waals surface area contributed by atoms with Gasteiger partial charge < -0.3 is 51.6 Å². The van der Waals surface area contributed by atoms with Crippen LogP contribution < -0.4 is 36.6 Å². The van der Waals surface area contributed by atoms with Gasteiger partial charge in [0, 0.05) is 36.2 Å². The molecule has 0 unspecified atom stereocenters. The number of nitrogens with one attached hydrogen (secondary N) is 6. The molecular formula is C50H56Cl2N10O10S2. The van der Waals surface area contributed by atoms with Crippen LogP contribution in [0.2, 0.25) is 10.0 Å². The molecule has 2 atom stereocenters. The highest BCUT2D eigenvalue weighted by Crippen LogP contribution is 2.24. The second-order valence-corrected chi connectivity index (χ2v) is 19.0. The monoisotopic (exact) mass is 1090 g/mol. The Morgan fingerprint density at radius 1 is 0.622 bits per heavy atom. The molecule has 0 aliphatic rings. The highest BCUT2D eigenvalue weighted by Gasteiger charge is 2.27. The summed E-state index contributed by atoms with van der Waals surface area (Å²) in [5.74, 6) is -2.28. The van der Waals surface area contributed by atoms with E-state index in [1.54, 1.807) is 82.0 Å². The number of halogens is 2.